The van der Waals surface area contributed by atoms with Crippen LogP contribution in [0.3, 0.4) is 0 Å². The van der Waals surface area contributed by atoms with Gasteiger partial charge in [-0.25, -0.2) is 9.78 Å². The second kappa shape index (κ2) is 15.7. The number of nitrogens with one attached hydrogen (secondary N) is 3. The summed E-state index contributed by atoms with van der Waals surface area (Å²) in [6, 6.07) is 1.16. The van der Waals surface area contributed by atoms with Crippen LogP contribution < -0.4 is 16.2 Å². The summed E-state index contributed by atoms with van der Waals surface area (Å²) in [6.07, 6.45) is 15.5. The summed E-state index contributed by atoms with van der Waals surface area (Å²) >= 11 is 11.7. The normalized spacial score (nSPS) is 20.4. The van der Waals surface area contributed by atoms with Gasteiger partial charge in [0.2, 0.25) is 0 Å². The first-order chi connectivity index (χ1) is 16.8. The number of carboxylic acid groups (broad SMARTS) is 1. The SMILES string of the molecule is C=C.C=C/C1=C(\C=C/C)C(NC(=S)NNc2ncc(C(=O)O)cc2Cl)C(/C=C\CC)=C(/C)CCC1. The first-order valence-electron chi connectivity index (χ1n) is 11.4. The van der Waals surface area contributed by atoms with Gasteiger partial charge in [-0.3, -0.25) is 10.9 Å². The van der Waals surface area contributed by atoms with E-state index in [2.05, 4.69) is 73.0 Å². The maximum atomic E-state index is 11.1. The van der Waals surface area contributed by atoms with E-state index in [1.165, 1.54) is 29.0 Å². The molecule has 1 heterocycles. The van der Waals surface area contributed by atoms with Crippen molar-refractivity contribution in [2.45, 2.75) is 52.5 Å². The van der Waals surface area contributed by atoms with Crippen LogP contribution in [0.25, 0.3) is 0 Å². The van der Waals surface area contributed by atoms with Crippen molar-refractivity contribution in [3.05, 3.63) is 95.3 Å². The van der Waals surface area contributed by atoms with Crippen molar-refractivity contribution < 1.29 is 9.90 Å². The van der Waals surface area contributed by atoms with Crippen molar-refractivity contribution in [1.29, 1.82) is 0 Å². The van der Waals surface area contributed by atoms with Crippen LogP contribution in [0.4, 0.5) is 5.82 Å². The highest BCUT2D eigenvalue weighted by Crippen LogP contribution is 2.30. The summed E-state index contributed by atoms with van der Waals surface area (Å²) in [7, 11) is 0. The van der Waals surface area contributed by atoms with Crippen molar-refractivity contribution in [1.82, 2.24) is 15.7 Å². The van der Waals surface area contributed by atoms with Gasteiger partial charge < -0.3 is 10.4 Å². The molecule has 8 heteroatoms. The predicted molar refractivity (Wildman–Crippen MR) is 152 cm³/mol. The molecule has 1 aromatic rings. The Labute approximate surface area is 219 Å². The fourth-order valence-corrected chi connectivity index (χ4v) is 3.99. The number of rotatable bonds is 8. The number of anilines is 1. The average Bonchev–Trinajstić information content (AvgIpc) is 2.84. The molecule has 188 valence electrons. The van der Waals surface area contributed by atoms with E-state index in [1.807, 2.05) is 19.1 Å². The Hall–Kier alpha value is -3.16. The maximum Gasteiger partial charge on any atom is 0.337 e. The number of aromatic carboxylic acids is 1. The molecule has 1 aromatic heterocycles. The predicted octanol–water partition coefficient (Wildman–Crippen LogP) is 6.92. The molecule has 1 atom stereocenters. The number of allylic oxidation sites excluding steroid dienone is 5. The van der Waals surface area contributed by atoms with Crippen LogP contribution >= 0.6 is 23.8 Å². The van der Waals surface area contributed by atoms with Crippen molar-refractivity contribution in [3.63, 3.8) is 0 Å². The summed E-state index contributed by atoms with van der Waals surface area (Å²) in [5, 5.41) is 13.0. The molecule has 0 aliphatic heterocycles. The monoisotopic (exact) mass is 514 g/mol. The summed E-state index contributed by atoms with van der Waals surface area (Å²) in [5.41, 5.74) is 10.6. The second-order valence-corrected chi connectivity index (χ2v) is 8.42. The highest BCUT2D eigenvalue weighted by Gasteiger charge is 2.23. The van der Waals surface area contributed by atoms with Gasteiger partial charge in [-0.15, -0.1) is 13.2 Å². The fourth-order valence-electron chi connectivity index (χ4n) is 3.60. The number of halogens is 1. The molecule has 4 N–H and O–H groups in total. The van der Waals surface area contributed by atoms with E-state index in [0.717, 1.165) is 31.3 Å². The van der Waals surface area contributed by atoms with Gasteiger partial charge in [0.25, 0.3) is 0 Å². The third-order valence-corrected chi connectivity index (χ3v) is 5.78. The topological polar surface area (TPSA) is 86.3 Å². The number of thiocarbonyl (C=S) groups is 1. The number of carboxylic acids is 1. The summed E-state index contributed by atoms with van der Waals surface area (Å²) in [5.74, 6) is -0.821. The molecule has 35 heavy (non-hydrogen) atoms. The molecule has 0 amide bonds. The summed E-state index contributed by atoms with van der Waals surface area (Å²) < 4.78 is 0. The van der Waals surface area contributed by atoms with Crippen molar-refractivity contribution in [2.24, 2.45) is 0 Å². The van der Waals surface area contributed by atoms with Gasteiger partial charge in [0.05, 0.1) is 16.6 Å². The Morgan fingerprint density at radius 3 is 2.60 bits per heavy atom. The minimum atomic E-state index is -1.10. The Morgan fingerprint density at radius 2 is 2.03 bits per heavy atom. The lowest BCUT2D eigenvalue weighted by Gasteiger charge is -2.29. The standard InChI is InChI=1S/C25H31ClN4O2S.C2H4/c1-5-8-13-19-16(4)11-9-12-17(7-3)20(10-6-2)22(19)28-25(33)30-29-23-21(26)14-18(15-27-23)24(31)32;1-2/h6-8,10,13-15,22H,3,5,9,11-12H2,1-2,4H3,(H,27,29)(H,31,32)(H2,28,30,33);1-2H2/b10-6-,13-8-,19-16-,20-17-;. The van der Waals surface area contributed by atoms with Gasteiger partial charge >= 0.3 is 5.97 Å². The highest BCUT2D eigenvalue weighted by atomic mass is 35.5. The van der Waals surface area contributed by atoms with Crippen molar-refractivity contribution in [2.75, 3.05) is 5.43 Å². The molecule has 0 radical (unpaired) electrons. The van der Waals surface area contributed by atoms with E-state index >= 15 is 0 Å². The average molecular weight is 515 g/mol. The molecule has 0 fully saturated rings. The van der Waals surface area contributed by atoms with E-state index in [9.17, 15) is 4.79 Å². The number of hydrazine groups is 1. The van der Waals surface area contributed by atoms with E-state index in [0.29, 0.717) is 5.11 Å². The zero-order valence-electron chi connectivity index (χ0n) is 20.7. The Bertz CT molecular complexity index is 1040. The van der Waals surface area contributed by atoms with Crippen LogP contribution in [0.1, 0.15) is 56.8 Å². The summed E-state index contributed by atoms with van der Waals surface area (Å²) in [6.45, 7) is 16.3. The molecule has 6 nitrogen and oxygen atoms in total. The van der Waals surface area contributed by atoms with E-state index < -0.39 is 5.97 Å². The van der Waals surface area contributed by atoms with Crippen molar-refractivity contribution in [3.8, 4) is 0 Å². The molecule has 0 spiro atoms. The minimum Gasteiger partial charge on any atom is -0.478 e. The third kappa shape index (κ3) is 8.85. The molecule has 0 bridgehead atoms. The van der Waals surface area contributed by atoms with E-state index in [1.54, 1.807) is 0 Å². The largest absolute Gasteiger partial charge is 0.478 e. The fraction of sp³-hybridized carbons (Fsp3) is 0.296. The third-order valence-electron chi connectivity index (χ3n) is 5.27. The van der Waals surface area contributed by atoms with Gasteiger partial charge in [-0.05, 0) is 74.5 Å². The number of hydrogen-bond donors (Lipinski definition) is 4. The molecule has 2 rings (SSSR count). The molecular weight excluding hydrogens is 480 g/mol. The first-order valence-corrected chi connectivity index (χ1v) is 12.2. The van der Waals surface area contributed by atoms with Crippen LogP contribution in [0.15, 0.2) is 84.7 Å². The lowest BCUT2D eigenvalue weighted by atomic mass is 9.85. The Kier molecular flexibility index (Phi) is 13.4. The molecule has 0 saturated carbocycles. The number of carbonyl (C=O) groups is 1. The lowest BCUT2D eigenvalue weighted by Crippen LogP contribution is -2.46. The Morgan fingerprint density at radius 1 is 1.31 bits per heavy atom. The van der Waals surface area contributed by atoms with E-state index in [4.69, 9.17) is 28.9 Å². The molecule has 0 aromatic carbocycles. The number of hydrogen-bond acceptors (Lipinski definition) is 4. The number of nitrogens with zero attached hydrogens (tertiary/aromatic N) is 1. The van der Waals surface area contributed by atoms with Crippen LogP contribution in [0, 0.1) is 0 Å². The summed E-state index contributed by atoms with van der Waals surface area (Å²) in [4.78, 5) is 15.1. The quantitative estimate of drug-likeness (QED) is 0.170. The van der Waals surface area contributed by atoms with Gasteiger partial charge in [0, 0.05) is 6.20 Å². The number of aromatic nitrogens is 1. The number of pyridine rings is 1. The maximum absolute atomic E-state index is 11.1. The molecule has 1 aliphatic rings. The molecular formula is C27H35ClN4O2S. The van der Waals surface area contributed by atoms with Gasteiger partial charge in [0.1, 0.15) is 0 Å². The molecule has 0 saturated heterocycles. The van der Waals surface area contributed by atoms with Gasteiger partial charge in [-0.2, -0.15) is 0 Å². The van der Waals surface area contributed by atoms with Gasteiger partial charge in [0.15, 0.2) is 10.9 Å². The first kappa shape index (κ1) is 29.9. The lowest BCUT2D eigenvalue weighted by molar-refractivity contribution is 0.0696. The highest BCUT2D eigenvalue weighted by molar-refractivity contribution is 7.80. The van der Waals surface area contributed by atoms with Crippen molar-refractivity contribution >= 4 is 40.7 Å². The van der Waals surface area contributed by atoms with Crippen LogP contribution in [0.2, 0.25) is 5.02 Å². The van der Waals surface area contributed by atoms with Crippen LogP contribution in [0.5, 0.6) is 0 Å². The molecule has 1 unspecified atom stereocenters. The van der Waals surface area contributed by atoms with Crippen LogP contribution in [-0.4, -0.2) is 27.2 Å². The zero-order valence-corrected chi connectivity index (χ0v) is 22.2. The van der Waals surface area contributed by atoms with E-state index in [-0.39, 0.29) is 22.4 Å². The Balaban J connectivity index is 0.00000298. The van der Waals surface area contributed by atoms with Crippen LogP contribution in [-0.2, 0) is 0 Å². The smallest absolute Gasteiger partial charge is 0.337 e. The zero-order chi connectivity index (χ0) is 26.4. The minimum absolute atomic E-state index is 0.00632. The van der Waals surface area contributed by atoms with Gasteiger partial charge in [-0.1, -0.05) is 61.1 Å². The molecule has 1 aliphatic carbocycles. The second-order valence-electron chi connectivity index (χ2n) is 7.60.